The third-order valence-corrected chi connectivity index (χ3v) is 3.73. The van der Waals surface area contributed by atoms with Crippen molar-refractivity contribution in [3.8, 4) is 0 Å². The third-order valence-electron chi connectivity index (χ3n) is 3.73. The zero-order valence-electron chi connectivity index (χ0n) is 13.8. The van der Waals surface area contributed by atoms with Crippen molar-refractivity contribution >= 4 is 16.7 Å². The fourth-order valence-electron chi connectivity index (χ4n) is 2.56. The molecule has 0 saturated carbocycles. The number of hydrogen-bond acceptors (Lipinski definition) is 3. The molecule has 0 aliphatic carbocycles. The highest BCUT2D eigenvalue weighted by Crippen LogP contribution is 2.16. The first kappa shape index (κ1) is 16.1. The minimum Gasteiger partial charge on any atom is -0.469 e. The van der Waals surface area contributed by atoms with E-state index in [2.05, 4.69) is 39.7 Å². The van der Waals surface area contributed by atoms with E-state index < -0.39 is 0 Å². The summed E-state index contributed by atoms with van der Waals surface area (Å²) in [5.41, 5.74) is 0.983. The van der Waals surface area contributed by atoms with Gasteiger partial charge in [0.15, 0.2) is 5.96 Å². The van der Waals surface area contributed by atoms with Crippen LogP contribution in [0.5, 0.6) is 0 Å². The van der Waals surface area contributed by atoms with Crippen molar-refractivity contribution in [3.63, 3.8) is 0 Å². The summed E-state index contributed by atoms with van der Waals surface area (Å²) in [7, 11) is 0. The molecule has 2 heterocycles. The van der Waals surface area contributed by atoms with E-state index in [0.29, 0.717) is 6.54 Å². The normalized spacial score (nSPS) is 11.6. The summed E-state index contributed by atoms with van der Waals surface area (Å²) in [6.45, 7) is 4.18. The lowest BCUT2D eigenvalue weighted by Gasteiger charge is -2.11. The number of benzene rings is 1. The van der Waals surface area contributed by atoms with Gasteiger partial charge in [-0.15, -0.1) is 0 Å². The van der Waals surface area contributed by atoms with Gasteiger partial charge in [-0.3, -0.25) is 4.98 Å². The monoisotopic (exact) mass is 322 g/mol. The van der Waals surface area contributed by atoms with E-state index in [1.165, 1.54) is 5.39 Å². The molecular formula is C19H22N4O. The summed E-state index contributed by atoms with van der Waals surface area (Å²) in [4.78, 5) is 9.14. The second-order valence-corrected chi connectivity index (χ2v) is 5.43. The molecule has 2 aromatic heterocycles. The Balaban J connectivity index is 1.66. The molecule has 0 radical (unpaired) electrons. The summed E-state index contributed by atoms with van der Waals surface area (Å²) in [6, 6.07) is 14.2. The lowest BCUT2D eigenvalue weighted by Crippen LogP contribution is -2.38. The first-order valence-electron chi connectivity index (χ1n) is 8.24. The summed E-state index contributed by atoms with van der Waals surface area (Å²) < 4.78 is 5.34. The summed E-state index contributed by atoms with van der Waals surface area (Å²) in [5, 5.41) is 8.93. The number of pyridine rings is 1. The molecule has 5 heteroatoms. The maximum Gasteiger partial charge on any atom is 0.191 e. The van der Waals surface area contributed by atoms with Gasteiger partial charge in [0.05, 0.1) is 18.5 Å². The molecule has 0 saturated heterocycles. The minimum absolute atomic E-state index is 0.539. The highest BCUT2D eigenvalue weighted by Gasteiger charge is 2.03. The number of rotatable bonds is 6. The van der Waals surface area contributed by atoms with Gasteiger partial charge in [0.25, 0.3) is 0 Å². The highest BCUT2D eigenvalue weighted by atomic mass is 16.3. The van der Waals surface area contributed by atoms with Gasteiger partial charge in [0.1, 0.15) is 5.76 Å². The molecule has 3 rings (SSSR count). The van der Waals surface area contributed by atoms with Crippen LogP contribution in [-0.4, -0.2) is 24.0 Å². The average molecular weight is 322 g/mol. The number of hydrogen-bond donors (Lipinski definition) is 2. The maximum atomic E-state index is 5.34. The van der Waals surface area contributed by atoms with E-state index in [9.17, 15) is 0 Å². The van der Waals surface area contributed by atoms with E-state index in [1.54, 1.807) is 6.26 Å². The van der Waals surface area contributed by atoms with Gasteiger partial charge < -0.3 is 15.1 Å². The number of nitrogens with zero attached hydrogens (tertiary/aromatic N) is 2. The zero-order valence-corrected chi connectivity index (χ0v) is 13.8. The van der Waals surface area contributed by atoms with E-state index >= 15 is 0 Å². The van der Waals surface area contributed by atoms with Crippen LogP contribution in [0.2, 0.25) is 0 Å². The highest BCUT2D eigenvalue weighted by molar-refractivity contribution is 5.85. The zero-order chi connectivity index (χ0) is 16.6. The lowest BCUT2D eigenvalue weighted by molar-refractivity contribution is 0.507. The Labute approximate surface area is 141 Å². The Morgan fingerprint density at radius 1 is 1.12 bits per heavy atom. The van der Waals surface area contributed by atoms with Gasteiger partial charge in [0, 0.05) is 31.1 Å². The van der Waals surface area contributed by atoms with Crippen molar-refractivity contribution in [2.45, 2.75) is 19.9 Å². The van der Waals surface area contributed by atoms with Crippen molar-refractivity contribution in [2.24, 2.45) is 4.99 Å². The molecule has 0 amide bonds. The number of aliphatic imine (C=N–C) groups is 1. The first-order valence-corrected chi connectivity index (χ1v) is 8.24. The molecule has 0 spiro atoms. The molecule has 5 nitrogen and oxygen atoms in total. The minimum atomic E-state index is 0.539. The molecule has 2 N–H and O–H groups in total. The summed E-state index contributed by atoms with van der Waals surface area (Å²) >= 11 is 0. The molecule has 0 bridgehead atoms. The molecule has 0 unspecified atom stereocenters. The lowest BCUT2D eigenvalue weighted by atomic mass is 10.1. The molecule has 0 aliphatic rings. The molecule has 0 fully saturated rings. The van der Waals surface area contributed by atoms with Crippen LogP contribution in [0, 0.1) is 0 Å². The molecule has 3 aromatic rings. The molecule has 0 aliphatic heterocycles. The van der Waals surface area contributed by atoms with E-state index in [4.69, 9.17) is 4.42 Å². The Morgan fingerprint density at radius 3 is 2.88 bits per heavy atom. The largest absolute Gasteiger partial charge is 0.469 e. The van der Waals surface area contributed by atoms with Crippen LogP contribution in [0.3, 0.4) is 0 Å². The Hall–Kier alpha value is -2.82. The van der Waals surface area contributed by atoms with Gasteiger partial charge in [-0.2, -0.15) is 0 Å². The first-order chi connectivity index (χ1) is 11.9. The van der Waals surface area contributed by atoms with Crippen LogP contribution >= 0.6 is 0 Å². The van der Waals surface area contributed by atoms with Crippen LogP contribution in [0.25, 0.3) is 10.8 Å². The second kappa shape index (κ2) is 8.15. The SMILES string of the molecule is CCNC(=NCc1nccc2ccccc12)NCCc1ccco1. The van der Waals surface area contributed by atoms with Crippen molar-refractivity contribution in [3.05, 3.63) is 66.4 Å². The standard InChI is InChI=1S/C19H22N4O/c1-2-20-19(22-12-10-16-7-5-13-24-16)23-14-18-17-8-4-3-6-15(17)9-11-21-18/h3-9,11,13H,2,10,12,14H2,1H3,(H2,20,22,23). The average Bonchev–Trinajstić information content (AvgIpc) is 3.13. The topological polar surface area (TPSA) is 62.5 Å². The predicted molar refractivity (Wildman–Crippen MR) is 97.0 cm³/mol. The Kier molecular flexibility index (Phi) is 5.45. The second-order valence-electron chi connectivity index (χ2n) is 5.43. The number of nitrogens with one attached hydrogen (secondary N) is 2. The Morgan fingerprint density at radius 2 is 2.04 bits per heavy atom. The predicted octanol–water partition coefficient (Wildman–Crippen LogP) is 3.13. The van der Waals surface area contributed by atoms with Gasteiger partial charge in [-0.25, -0.2) is 4.99 Å². The van der Waals surface area contributed by atoms with Crippen LogP contribution in [-0.2, 0) is 13.0 Å². The van der Waals surface area contributed by atoms with Gasteiger partial charge in [0.2, 0.25) is 0 Å². The van der Waals surface area contributed by atoms with Crippen molar-refractivity contribution in [2.75, 3.05) is 13.1 Å². The molecule has 0 atom stereocenters. The van der Waals surface area contributed by atoms with Crippen LogP contribution < -0.4 is 10.6 Å². The molecule has 24 heavy (non-hydrogen) atoms. The number of aromatic nitrogens is 1. The van der Waals surface area contributed by atoms with Crippen molar-refractivity contribution in [1.82, 2.24) is 15.6 Å². The fraction of sp³-hybridized carbons (Fsp3) is 0.263. The molecule has 124 valence electrons. The smallest absolute Gasteiger partial charge is 0.191 e. The third kappa shape index (κ3) is 4.13. The van der Waals surface area contributed by atoms with Crippen LogP contribution in [0.15, 0.2) is 64.3 Å². The van der Waals surface area contributed by atoms with Gasteiger partial charge >= 0.3 is 0 Å². The van der Waals surface area contributed by atoms with Crippen LogP contribution in [0.4, 0.5) is 0 Å². The van der Waals surface area contributed by atoms with E-state index in [0.717, 1.165) is 42.3 Å². The van der Waals surface area contributed by atoms with E-state index in [-0.39, 0.29) is 0 Å². The molecule has 1 aromatic carbocycles. The summed E-state index contributed by atoms with van der Waals surface area (Å²) in [6.07, 6.45) is 4.36. The van der Waals surface area contributed by atoms with E-state index in [1.807, 2.05) is 36.5 Å². The summed E-state index contributed by atoms with van der Waals surface area (Å²) in [5.74, 6) is 1.76. The van der Waals surface area contributed by atoms with Gasteiger partial charge in [-0.05, 0) is 30.5 Å². The van der Waals surface area contributed by atoms with Crippen molar-refractivity contribution in [1.29, 1.82) is 0 Å². The fourth-order valence-corrected chi connectivity index (χ4v) is 2.56. The number of guanidine groups is 1. The van der Waals surface area contributed by atoms with Crippen LogP contribution in [0.1, 0.15) is 18.4 Å². The van der Waals surface area contributed by atoms with Gasteiger partial charge in [-0.1, -0.05) is 24.3 Å². The quantitative estimate of drug-likeness (QED) is 0.541. The maximum absolute atomic E-state index is 5.34. The Bertz CT molecular complexity index is 791. The molecular weight excluding hydrogens is 300 g/mol. The number of fused-ring (bicyclic) bond motifs is 1. The van der Waals surface area contributed by atoms with Crippen molar-refractivity contribution < 1.29 is 4.42 Å². The number of furan rings is 1.